The molecule has 190 valence electrons. The van der Waals surface area contributed by atoms with Gasteiger partial charge in [-0.1, -0.05) is 11.6 Å². The third-order valence-electron chi connectivity index (χ3n) is 8.15. The zero-order chi connectivity index (χ0) is 24.7. The zero-order valence-corrected chi connectivity index (χ0v) is 22.4. The molecule has 3 aliphatic rings. The molecule has 2 saturated heterocycles. The first kappa shape index (κ1) is 24.8. The monoisotopic (exact) mass is 518 g/mol. The third kappa shape index (κ3) is 5.02. The molecule has 0 aromatic carbocycles. The van der Waals surface area contributed by atoms with Gasteiger partial charge in [-0.05, 0) is 64.6 Å². The van der Waals surface area contributed by atoms with Crippen molar-refractivity contribution in [3.05, 3.63) is 38.6 Å². The number of nitrogens with zero attached hydrogens (tertiary/aromatic N) is 4. The molecule has 0 aliphatic carbocycles. The molecule has 0 spiro atoms. The molecular formula is C26H35ClN4O3S. The number of Topliss-reactive ketones (excluding diaryl/α,β-unsaturated/α-hetero) is 1. The first-order valence-electron chi connectivity index (χ1n) is 12.7. The number of hydrogen-bond donors (Lipinski definition) is 0. The summed E-state index contributed by atoms with van der Waals surface area (Å²) < 4.78 is 8.20. The van der Waals surface area contributed by atoms with Crippen molar-refractivity contribution in [1.82, 2.24) is 19.4 Å². The minimum absolute atomic E-state index is 0.243. The summed E-state index contributed by atoms with van der Waals surface area (Å²) in [7, 11) is 1.43. The van der Waals surface area contributed by atoms with Crippen molar-refractivity contribution in [2.24, 2.45) is 0 Å². The maximum atomic E-state index is 12.0. The second-order valence-electron chi connectivity index (χ2n) is 10.3. The number of aromatic nitrogens is 2. The third-order valence-corrected chi connectivity index (χ3v) is 9.55. The molecule has 9 heteroatoms. The van der Waals surface area contributed by atoms with E-state index in [0.717, 1.165) is 48.1 Å². The number of methoxy groups -OCH3 is 1. The van der Waals surface area contributed by atoms with Crippen LogP contribution < -0.4 is 0 Å². The summed E-state index contributed by atoms with van der Waals surface area (Å²) in [4.78, 5) is 34.5. The predicted molar refractivity (Wildman–Crippen MR) is 137 cm³/mol. The lowest BCUT2D eigenvalue weighted by molar-refractivity contribution is -0.117. The highest BCUT2D eigenvalue weighted by molar-refractivity contribution is 7.16. The molecule has 2 unspecified atom stereocenters. The minimum atomic E-state index is -0.276. The fourth-order valence-electron chi connectivity index (χ4n) is 6.68. The van der Waals surface area contributed by atoms with E-state index in [-0.39, 0.29) is 17.8 Å². The van der Waals surface area contributed by atoms with Crippen molar-refractivity contribution in [1.29, 1.82) is 0 Å². The van der Waals surface area contributed by atoms with Crippen LogP contribution in [0.4, 0.5) is 4.79 Å². The molecule has 0 saturated carbocycles. The lowest BCUT2D eigenvalue weighted by atomic mass is 9.93. The van der Waals surface area contributed by atoms with Gasteiger partial charge in [0.15, 0.2) is 0 Å². The molecule has 3 atom stereocenters. The lowest BCUT2D eigenvalue weighted by Crippen LogP contribution is -2.44. The van der Waals surface area contributed by atoms with Crippen molar-refractivity contribution in [3.63, 3.8) is 0 Å². The highest BCUT2D eigenvalue weighted by atomic mass is 35.5. The predicted octanol–water partition coefficient (Wildman–Crippen LogP) is 5.35. The molecule has 0 N–H and O–H groups in total. The molecule has 2 aromatic rings. The summed E-state index contributed by atoms with van der Waals surface area (Å²) in [6.45, 7) is 6.04. The van der Waals surface area contributed by atoms with E-state index in [1.54, 1.807) is 23.2 Å². The molecule has 1 amide bonds. The first-order valence-corrected chi connectivity index (χ1v) is 13.9. The Bertz CT molecular complexity index is 1080. The Morgan fingerprint density at radius 2 is 1.97 bits per heavy atom. The average molecular weight is 519 g/mol. The maximum absolute atomic E-state index is 12.0. The topological polar surface area (TPSA) is 67.7 Å². The Labute approximate surface area is 216 Å². The van der Waals surface area contributed by atoms with Crippen molar-refractivity contribution in [2.45, 2.75) is 89.4 Å². The van der Waals surface area contributed by atoms with Gasteiger partial charge >= 0.3 is 6.09 Å². The van der Waals surface area contributed by atoms with Crippen LogP contribution in [0.5, 0.6) is 0 Å². The van der Waals surface area contributed by atoms with E-state index in [9.17, 15) is 9.59 Å². The van der Waals surface area contributed by atoms with Crippen LogP contribution in [0, 0.1) is 6.92 Å². The number of amides is 1. The highest BCUT2D eigenvalue weighted by Crippen LogP contribution is 2.43. The van der Waals surface area contributed by atoms with Gasteiger partial charge in [-0.2, -0.15) is 0 Å². The normalized spacial score (nSPS) is 24.9. The second kappa shape index (κ2) is 10.2. The summed E-state index contributed by atoms with van der Waals surface area (Å²) in [5, 5.41) is 0. The van der Waals surface area contributed by atoms with Crippen LogP contribution in [-0.4, -0.2) is 63.5 Å². The number of halogens is 1. The smallest absolute Gasteiger partial charge is 0.409 e. The van der Waals surface area contributed by atoms with Gasteiger partial charge in [0.25, 0.3) is 0 Å². The summed E-state index contributed by atoms with van der Waals surface area (Å²) in [6.07, 6.45) is 6.92. The van der Waals surface area contributed by atoms with Crippen LogP contribution >= 0.6 is 22.9 Å². The highest BCUT2D eigenvalue weighted by Gasteiger charge is 2.42. The number of carbonyl (C=O) groups is 2. The van der Waals surface area contributed by atoms with Gasteiger partial charge in [0.1, 0.15) is 11.6 Å². The Morgan fingerprint density at radius 1 is 1.23 bits per heavy atom. The van der Waals surface area contributed by atoms with Gasteiger partial charge in [-0.3, -0.25) is 4.90 Å². The van der Waals surface area contributed by atoms with Gasteiger partial charge < -0.3 is 19.0 Å². The van der Waals surface area contributed by atoms with Crippen LogP contribution in [0.2, 0.25) is 4.34 Å². The number of piperidine rings is 1. The molecule has 7 nitrogen and oxygen atoms in total. The summed E-state index contributed by atoms with van der Waals surface area (Å²) in [5.74, 6) is 1.56. The van der Waals surface area contributed by atoms with Gasteiger partial charge in [0.05, 0.1) is 23.7 Å². The van der Waals surface area contributed by atoms with Crippen LogP contribution in [0.1, 0.15) is 79.5 Å². The number of rotatable bonds is 7. The van der Waals surface area contributed by atoms with E-state index in [0.29, 0.717) is 37.6 Å². The van der Waals surface area contributed by atoms with Gasteiger partial charge in [-0.15, -0.1) is 11.3 Å². The Hall–Kier alpha value is -1.90. The number of hydrogen-bond acceptors (Lipinski definition) is 6. The number of aryl methyl sites for hydroxylation is 1. The fraction of sp³-hybridized carbons (Fsp3) is 0.654. The molecule has 2 fully saturated rings. The van der Waals surface area contributed by atoms with Crippen molar-refractivity contribution in [2.75, 3.05) is 20.2 Å². The van der Waals surface area contributed by atoms with Crippen LogP contribution in [0.3, 0.4) is 0 Å². The molecule has 2 aromatic heterocycles. The molecule has 35 heavy (non-hydrogen) atoms. The first-order chi connectivity index (χ1) is 16.8. The molecule has 2 bridgehead atoms. The quantitative estimate of drug-likeness (QED) is 0.494. The van der Waals surface area contributed by atoms with E-state index < -0.39 is 0 Å². The number of ketones is 1. The van der Waals surface area contributed by atoms with Crippen LogP contribution in [-0.2, 0) is 22.5 Å². The SMILES string of the molecule is COC(=O)N1CCc2c(nc(C)n2C2CC3CCC(C2)N3CC[C@H](CC(C)=O)c2ccc(Cl)s2)C1. The second-order valence-corrected chi connectivity index (χ2v) is 12.1. The van der Waals surface area contributed by atoms with Gasteiger partial charge in [0.2, 0.25) is 0 Å². The Kier molecular flexibility index (Phi) is 7.24. The number of fused-ring (bicyclic) bond motifs is 3. The summed E-state index contributed by atoms with van der Waals surface area (Å²) in [6, 6.07) is 5.66. The van der Waals surface area contributed by atoms with E-state index in [1.807, 2.05) is 6.07 Å². The molecule has 3 aliphatic heterocycles. The lowest BCUT2D eigenvalue weighted by Gasteiger charge is -2.41. The van der Waals surface area contributed by atoms with E-state index in [2.05, 4.69) is 22.5 Å². The van der Waals surface area contributed by atoms with Crippen molar-refractivity contribution >= 4 is 34.8 Å². The van der Waals surface area contributed by atoms with Gasteiger partial charge in [0, 0.05) is 54.0 Å². The number of carbonyl (C=O) groups excluding carboxylic acids is 2. The summed E-state index contributed by atoms with van der Waals surface area (Å²) in [5.41, 5.74) is 2.33. The molecule has 5 rings (SSSR count). The van der Waals surface area contributed by atoms with E-state index in [1.165, 1.54) is 30.5 Å². The largest absolute Gasteiger partial charge is 0.453 e. The Balaban J connectivity index is 1.26. The molecule has 0 radical (unpaired) electrons. The van der Waals surface area contributed by atoms with Crippen LogP contribution in [0.25, 0.3) is 0 Å². The minimum Gasteiger partial charge on any atom is -0.453 e. The summed E-state index contributed by atoms with van der Waals surface area (Å²) >= 11 is 7.81. The van der Waals surface area contributed by atoms with Crippen LogP contribution in [0.15, 0.2) is 12.1 Å². The number of thiophene rings is 1. The molecule has 5 heterocycles. The fourth-order valence-corrected chi connectivity index (χ4v) is 7.87. The van der Waals surface area contributed by atoms with Crippen molar-refractivity contribution < 1.29 is 14.3 Å². The van der Waals surface area contributed by atoms with Crippen molar-refractivity contribution in [3.8, 4) is 0 Å². The number of imidazole rings is 1. The molecular weight excluding hydrogens is 484 g/mol. The average Bonchev–Trinajstić information content (AvgIpc) is 3.47. The maximum Gasteiger partial charge on any atom is 0.409 e. The standard InChI is InChI=1S/C26H35ClN4O3S/c1-16(32)12-18(24-6-7-25(27)35-24)8-11-30-19-4-5-20(30)14-21(13-19)31-17(2)28-22-15-29(26(33)34-3)10-9-23(22)31/h6-7,18-21H,4-5,8-15H2,1-3H3/t18-,19?,20?,21?/m1/s1. The van der Waals surface area contributed by atoms with E-state index >= 15 is 0 Å². The number of ether oxygens (including phenoxy) is 1. The zero-order valence-electron chi connectivity index (χ0n) is 20.8. The van der Waals surface area contributed by atoms with E-state index in [4.69, 9.17) is 21.3 Å². The Morgan fingerprint density at radius 3 is 2.60 bits per heavy atom. The van der Waals surface area contributed by atoms with Gasteiger partial charge in [-0.25, -0.2) is 9.78 Å².